The van der Waals surface area contributed by atoms with Gasteiger partial charge in [-0.15, -0.1) is 0 Å². The molecular formula is C30H38N6O8S. The monoisotopic (exact) mass is 642 g/mol. The second-order valence-corrected chi connectivity index (χ2v) is 12.6. The van der Waals surface area contributed by atoms with E-state index in [1.165, 1.54) is 4.90 Å². The van der Waals surface area contributed by atoms with Crippen LogP contribution in [-0.2, 0) is 35.7 Å². The van der Waals surface area contributed by atoms with Crippen LogP contribution in [0.15, 0.2) is 57.3 Å². The Hall–Kier alpha value is -4.18. The molecule has 0 unspecified atom stereocenters. The summed E-state index contributed by atoms with van der Waals surface area (Å²) in [5.74, 6) is -2.09. The molecule has 3 atom stereocenters. The molecular weight excluding hydrogens is 604 g/mol. The molecule has 2 aliphatic rings. The van der Waals surface area contributed by atoms with Gasteiger partial charge in [-0.3, -0.25) is 24.9 Å². The fourth-order valence-electron chi connectivity index (χ4n) is 5.32. The minimum Gasteiger partial charge on any atom is -0.480 e. The molecule has 15 heteroatoms. The molecule has 4 rings (SSSR count). The van der Waals surface area contributed by atoms with Gasteiger partial charge in [0.1, 0.15) is 19.3 Å². The number of benzene rings is 2. The van der Waals surface area contributed by atoms with Crippen molar-refractivity contribution in [1.29, 1.82) is 0 Å². The third-order valence-electron chi connectivity index (χ3n) is 7.30. The Morgan fingerprint density at radius 3 is 2.38 bits per heavy atom. The number of carboxylic acid groups (broad SMARTS) is 1. The van der Waals surface area contributed by atoms with Gasteiger partial charge >= 0.3 is 12.1 Å². The van der Waals surface area contributed by atoms with E-state index in [-0.39, 0.29) is 24.1 Å². The van der Waals surface area contributed by atoms with Crippen LogP contribution in [0.3, 0.4) is 0 Å². The fourth-order valence-corrected chi connectivity index (χ4v) is 6.96. The van der Waals surface area contributed by atoms with Gasteiger partial charge in [-0.05, 0) is 43.9 Å². The van der Waals surface area contributed by atoms with Crippen LogP contribution < -0.4 is 15.4 Å². The molecule has 14 nitrogen and oxygen atoms in total. The highest BCUT2D eigenvalue weighted by atomic mass is 32.2. The average Bonchev–Trinajstić information content (AvgIpc) is 3.65. The number of hydrogen-bond donors (Lipinski definition) is 4. The summed E-state index contributed by atoms with van der Waals surface area (Å²) in [7, 11) is -4.20. The first-order chi connectivity index (χ1) is 21.4. The molecule has 1 fully saturated rings. The molecule has 2 amide bonds. The Balaban J connectivity index is 1.31. The first-order valence-corrected chi connectivity index (χ1v) is 15.9. The number of carbonyl (C=O) groups excluding carboxylic acids is 2. The number of aryl methyl sites for hydroxylation is 3. The van der Waals surface area contributed by atoms with Gasteiger partial charge in [-0.1, -0.05) is 48.0 Å². The largest absolute Gasteiger partial charge is 0.480 e. The zero-order valence-electron chi connectivity index (χ0n) is 25.3. The van der Waals surface area contributed by atoms with Crippen molar-refractivity contribution in [3.05, 3.63) is 64.7 Å². The highest BCUT2D eigenvalue weighted by Crippen LogP contribution is 2.23. The number of likely N-dealkylation sites (tertiary alicyclic amines) is 1. The molecule has 1 saturated heterocycles. The number of ether oxygens (including phenoxy) is 2. The maximum absolute atomic E-state index is 13.1. The van der Waals surface area contributed by atoms with Crippen molar-refractivity contribution in [2.75, 3.05) is 26.2 Å². The van der Waals surface area contributed by atoms with E-state index in [9.17, 15) is 27.9 Å². The van der Waals surface area contributed by atoms with Gasteiger partial charge < -0.3 is 24.8 Å². The molecule has 2 heterocycles. The molecule has 0 bridgehead atoms. The molecule has 45 heavy (non-hydrogen) atoms. The van der Waals surface area contributed by atoms with E-state index in [0.29, 0.717) is 24.1 Å². The lowest BCUT2D eigenvalue weighted by molar-refractivity contribution is -0.139. The van der Waals surface area contributed by atoms with Crippen molar-refractivity contribution in [2.45, 2.75) is 63.2 Å². The van der Waals surface area contributed by atoms with Crippen molar-refractivity contribution >= 4 is 40.4 Å². The molecule has 0 saturated carbocycles. The number of rotatable bonds is 14. The van der Waals surface area contributed by atoms with E-state index in [2.05, 4.69) is 25.3 Å². The lowest BCUT2D eigenvalue weighted by Crippen LogP contribution is -2.49. The molecule has 0 aliphatic carbocycles. The first-order valence-electron chi connectivity index (χ1n) is 14.4. The Labute approximate surface area is 262 Å². The van der Waals surface area contributed by atoms with Crippen LogP contribution in [0.2, 0.25) is 0 Å². The van der Waals surface area contributed by atoms with E-state index >= 15 is 0 Å². The number of aliphatic imine (C=N–C) groups is 2. The summed E-state index contributed by atoms with van der Waals surface area (Å²) in [6.45, 7) is 4.78. The summed E-state index contributed by atoms with van der Waals surface area (Å²) in [5, 5.41) is 15.2. The van der Waals surface area contributed by atoms with E-state index < -0.39 is 59.6 Å². The molecule has 0 spiro atoms. The van der Waals surface area contributed by atoms with Crippen molar-refractivity contribution < 1.29 is 37.4 Å². The number of nitrogens with zero attached hydrogens (tertiary/aromatic N) is 3. The van der Waals surface area contributed by atoms with Crippen molar-refractivity contribution in [3.8, 4) is 0 Å². The molecule has 242 valence electrons. The minimum atomic E-state index is -4.20. The summed E-state index contributed by atoms with van der Waals surface area (Å²) in [4.78, 5) is 47.3. The van der Waals surface area contributed by atoms with Gasteiger partial charge in [0.25, 0.3) is 0 Å². The number of carbonyl (C=O) groups is 3. The van der Waals surface area contributed by atoms with Gasteiger partial charge in [0.2, 0.25) is 15.9 Å². The molecule has 0 radical (unpaired) electrons. The molecule has 4 N–H and O–H groups in total. The van der Waals surface area contributed by atoms with Gasteiger partial charge in [0.15, 0.2) is 6.29 Å². The number of hydrogen-bond acceptors (Lipinski definition) is 10. The zero-order chi connectivity index (χ0) is 32.6. The van der Waals surface area contributed by atoms with Crippen LogP contribution in [0.1, 0.15) is 28.7 Å². The second-order valence-electron chi connectivity index (χ2n) is 10.9. The number of aliphatic carboxylic acids is 1. The minimum absolute atomic E-state index is 0.00215. The maximum atomic E-state index is 13.1. The average molecular weight is 643 g/mol. The maximum Gasteiger partial charge on any atom is 0.410 e. The summed E-state index contributed by atoms with van der Waals surface area (Å²) in [5.41, 5.74) is 2.67. The van der Waals surface area contributed by atoms with Crippen LogP contribution in [0.5, 0.6) is 0 Å². The van der Waals surface area contributed by atoms with E-state index in [4.69, 9.17) is 9.47 Å². The van der Waals surface area contributed by atoms with Crippen molar-refractivity contribution in [1.82, 2.24) is 20.3 Å². The summed E-state index contributed by atoms with van der Waals surface area (Å²) >= 11 is 0. The Morgan fingerprint density at radius 2 is 1.73 bits per heavy atom. The summed E-state index contributed by atoms with van der Waals surface area (Å²) < 4.78 is 39.6. The Morgan fingerprint density at radius 1 is 1.07 bits per heavy atom. The third-order valence-corrected chi connectivity index (χ3v) is 9.07. The van der Waals surface area contributed by atoms with E-state index in [0.717, 1.165) is 11.1 Å². The molecule has 2 aromatic rings. The molecule has 0 aromatic heterocycles. The van der Waals surface area contributed by atoms with Crippen molar-refractivity contribution in [3.63, 3.8) is 0 Å². The van der Waals surface area contributed by atoms with E-state index in [1.54, 1.807) is 38.4 Å². The number of sulfonamides is 1. The second kappa shape index (κ2) is 15.2. The standard InChI is InChI=1S/C30H38N6O8S/c1-19-11-20(2)27(21(3)12-19)45(41,42)35-25(28(38)39)15-33-26(37)18-43-24-13-23(14-34-29-31-9-10-32-29)36(16-24)30(40)44-17-22-7-5-4-6-8-22/h4-12,23-25,29,34-35H,13-18H2,1-3H3,(H,33,37)(H,38,39)/t23-,24+,25-/m0/s1. The van der Waals surface area contributed by atoms with Gasteiger partial charge in [0.05, 0.1) is 23.6 Å². The summed E-state index contributed by atoms with van der Waals surface area (Å²) in [6, 6.07) is 10.7. The Bertz CT molecular complexity index is 1510. The smallest absolute Gasteiger partial charge is 0.410 e. The van der Waals surface area contributed by atoms with Crippen LogP contribution in [0.25, 0.3) is 0 Å². The molecule has 2 aromatic carbocycles. The predicted octanol–water partition coefficient (Wildman–Crippen LogP) is 1.28. The van der Waals surface area contributed by atoms with E-state index in [1.807, 2.05) is 37.3 Å². The number of carboxylic acids is 1. The van der Waals surface area contributed by atoms with Crippen LogP contribution in [0, 0.1) is 20.8 Å². The SMILES string of the molecule is Cc1cc(C)c(S(=O)(=O)N[C@@H](CNC(=O)CO[C@@H]2C[C@@H](CNC3N=CC=N3)N(C(=O)OCc3ccccc3)C2)C(=O)O)c(C)c1. The first kappa shape index (κ1) is 33.7. The van der Waals surface area contributed by atoms with Crippen LogP contribution in [0.4, 0.5) is 4.79 Å². The zero-order valence-corrected chi connectivity index (χ0v) is 26.1. The highest BCUT2D eigenvalue weighted by Gasteiger charge is 2.37. The lowest BCUT2D eigenvalue weighted by Gasteiger charge is -2.24. The number of nitrogens with one attached hydrogen (secondary N) is 3. The topological polar surface area (TPSA) is 188 Å². The normalized spacial score (nSPS) is 18.7. The third kappa shape index (κ3) is 9.41. The quantitative estimate of drug-likeness (QED) is 0.235. The van der Waals surface area contributed by atoms with Gasteiger partial charge in [0, 0.05) is 25.5 Å². The van der Waals surface area contributed by atoms with Crippen LogP contribution in [-0.4, -0.2) is 99.5 Å². The Kier molecular flexibility index (Phi) is 11.4. The van der Waals surface area contributed by atoms with Gasteiger partial charge in [-0.25, -0.2) is 13.2 Å². The highest BCUT2D eigenvalue weighted by molar-refractivity contribution is 7.89. The number of amides is 2. The predicted molar refractivity (Wildman–Crippen MR) is 166 cm³/mol. The van der Waals surface area contributed by atoms with Crippen LogP contribution >= 0.6 is 0 Å². The summed E-state index contributed by atoms with van der Waals surface area (Å²) in [6.07, 6.45) is 2.06. The fraction of sp³-hybridized carbons (Fsp3) is 0.433. The lowest BCUT2D eigenvalue weighted by atomic mass is 10.1. The van der Waals surface area contributed by atoms with Gasteiger partial charge in [-0.2, -0.15) is 4.72 Å². The van der Waals surface area contributed by atoms with Crippen molar-refractivity contribution in [2.24, 2.45) is 9.98 Å². The molecule has 2 aliphatic heterocycles.